The quantitative estimate of drug-likeness (QED) is 0.692. The van der Waals surface area contributed by atoms with Crippen LogP contribution in [0.15, 0.2) is 52.9 Å². The van der Waals surface area contributed by atoms with Crippen LogP contribution in [-0.4, -0.2) is 29.3 Å². The number of carbonyl (C=O) groups excluding carboxylic acids is 1. The van der Waals surface area contributed by atoms with E-state index in [2.05, 4.69) is 23.2 Å². The molecule has 6 heteroatoms. The SMILES string of the molecule is COc1ccc(-c2nnc(CCC(=O)N3c4ccccc4CC3C)o2)cc1. The number of amides is 1. The highest BCUT2D eigenvalue weighted by atomic mass is 16.5. The summed E-state index contributed by atoms with van der Waals surface area (Å²) in [6.45, 7) is 2.08. The van der Waals surface area contributed by atoms with Gasteiger partial charge in [-0.05, 0) is 49.2 Å². The second-order valence-electron chi connectivity index (χ2n) is 6.68. The summed E-state index contributed by atoms with van der Waals surface area (Å²) in [4.78, 5) is 14.6. The number of carbonyl (C=O) groups is 1. The second kappa shape index (κ2) is 7.23. The number of nitrogens with zero attached hydrogens (tertiary/aromatic N) is 3. The summed E-state index contributed by atoms with van der Waals surface area (Å²) in [5.74, 6) is 1.76. The number of anilines is 1. The van der Waals surface area contributed by atoms with Crippen LogP contribution in [0.2, 0.25) is 0 Å². The van der Waals surface area contributed by atoms with Gasteiger partial charge in [0.25, 0.3) is 0 Å². The molecule has 0 bridgehead atoms. The van der Waals surface area contributed by atoms with Gasteiger partial charge in [-0.1, -0.05) is 18.2 Å². The zero-order chi connectivity index (χ0) is 18.8. The molecule has 2 heterocycles. The lowest BCUT2D eigenvalue weighted by atomic mass is 10.1. The van der Waals surface area contributed by atoms with Gasteiger partial charge >= 0.3 is 0 Å². The van der Waals surface area contributed by atoms with E-state index in [4.69, 9.17) is 9.15 Å². The topological polar surface area (TPSA) is 68.5 Å². The predicted octanol–water partition coefficient (Wildman–Crippen LogP) is 3.66. The molecule has 0 N–H and O–H groups in total. The Bertz CT molecular complexity index is 949. The van der Waals surface area contributed by atoms with Crippen molar-refractivity contribution in [3.8, 4) is 17.2 Å². The smallest absolute Gasteiger partial charge is 0.247 e. The Labute approximate surface area is 157 Å². The molecular weight excluding hydrogens is 342 g/mol. The lowest BCUT2D eigenvalue weighted by Crippen LogP contribution is -2.35. The summed E-state index contributed by atoms with van der Waals surface area (Å²) in [7, 11) is 1.62. The van der Waals surface area contributed by atoms with Crippen molar-refractivity contribution in [1.82, 2.24) is 10.2 Å². The third kappa shape index (κ3) is 3.43. The van der Waals surface area contributed by atoms with Gasteiger partial charge in [0.05, 0.1) is 7.11 Å². The lowest BCUT2D eigenvalue weighted by Gasteiger charge is -2.22. The third-order valence-electron chi connectivity index (χ3n) is 4.83. The molecule has 3 aromatic rings. The van der Waals surface area contributed by atoms with Gasteiger partial charge in [0.2, 0.25) is 17.7 Å². The fourth-order valence-electron chi connectivity index (χ4n) is 3.48. The molecule has 138 valence electrons. The largest absolute Gasteiger partial charge is 0.497 e. The molecule has 1 aromatic heterocycles. The summed E-state index contributed by atoms with van der Waals surface area (Å²) < 4.78 is 10.9. The van der Waals surface area contributed by atoms with Crippen LogP contribution in [0.3, 0.4) is 0 Å². The predicted molar refractivity (Wildman–Crippen MR) is 102 cm³/mol. The molecule has 1 aliphatic rings. The molecule has 0 fully saturated rings. The van der Waals surface area contributed by atoms with E-state index in [1.165, 1.54) is 5.56 Å². The Morgan fingerprint density at radius 1 is 1.19 bits per heavy atom. The van der Waals surface area contributed by atoms with Crippen LogP contribution in [-0.2, 0) is 17.6 Å². The number of ether oxygens (including phenoxy) is 1. The molecule has 0 radical (unpaired) electrons. The highest BCUT2D eigenvalue weighted by Gasteiger charge is 2.30. The summed E-state index contributed by atoms with van der Waals surface area (Å²) in [5.41, 5.74) is 3.06. The first-order chi connectivity index (χ1) is 13.2. The number of fused-ring (bicyclic) bond motifs is 1. The van der Waals surface area contributed by atoms with Crippen molar-refractivity contribution in [1.29, 1.82) is 0 Å². The van der Waals surface area contributed by atoms with E-state index in [0.29, 0.717) is 24.6 Å². The maximum Gasteiger partial charge on any atom is 0.247 e. The standard InChI is InChI=1S/C21H21N3O3/c1-14-13-16-5-3-4-6-18(16)24(14)20(25)12-11-19-22-23-21(27-19)15-7-9-17(26-2)10-8-15/h3-10,14H,11-13H2,1-2H3. The Morgan fingerprint density at radius 3 is 2.74 bits per heavy atom. The number of aryl methyl sites for hydroxylation is 1. The average Bonchev–Trinajstić information content (AvgIpc) is 3.30. The fraction of sp³-hybridized carbons (Fsp3) is 0.286. The minimum absolute atomic E-state index is 0.0802. The van der Waals surface area contributed by atoms with Crippen LogP contribution >= 0.6 is 0 Å². The molecule has 6 nitrogen and oxygen atoms in total. The van der Waals surface area contributed by atoms with Gasteiger partial charge in [0.1, 0.15) is 5.75 Å². The van der Waals surface area contributed by atoms with Gasteiger partial charge in [-0.3, -0.25) is 4.79 Å². The number of rotatable bonds is 5. The molecule has 2 aromatic carbocycles. The molecule has 4 rings (SSSR count). The Kier molecular flexibility index (Phi) is 4.62. The van der Waals surface area contributed by atoms with Crippen LogP contribution in [0.25, 0.3) is 11.5 Å². The fourth-order valence-corrected chi connectivity index (χ4v) is 3.48. The van der Waals surface area contributed by atoms with Gasteiger partial charge in [-0.25, -0.2) is 0 Å². The van der Waals surface area contributed by atoms with E-state index in [1.54, 1.807) is 7.11 Å². The van der Waals surface area contributed by atoms with E-state index in [0.717, 1.165) is 23.4 Å². The van der Waals surface area contributed by atoms with E-state index in [1.807, 2.05) is 47.4 Å². The van der Waals surface area contributed by atoms with Crippen molar-refractivity contribution in [3.63, 3.8) is 0 Å². The maximum absolute atomic E-state index is 12.8. The highest BCUT2D eigenvalue weighted by molar-refractivity contribution is 5.96. The molecule has 0 spiro atoms. The number of benzene rings is 2. The van der Waals surface area contributed by atoms with Crippen LogP contribution in [0.4, 0.5) is 5.69 Å². The van der Waals surface area contributed by atoms with Crippen LogP contribution in [0.5, 0.6) is 5.75 Å². The zero-order valence-electron chi connectivity index (χ0n) is 15.4. The molecule has 1 aliphatic heterocycles. The number of hydrogen-bond acceptors (Lipinski definition) is 5. The number of methoxy groups -OCH3 is 1. The Balaban J connectivity index is 1.42. The van der Waals surface area contributed by atoms with E-state index >= 15 is 0 Å². The maximum atomic E-state index is 12.8. The number of aromatic nitrogens is 2. The second-order valence-corrected chi connectivity index (χ2v) is 6.68. The van der Waals surface area contributed by atoms with Crippen molar-refractivity contribution < 1.29 is 13.9 Å². The normalized spacial score (nSPS) is 15.6. The van der Waals surface area contributed by atoms with Gasteiger partial charge in [-0.15, -0.1) is 10.2 Å². The molecular formula is C21H21N3O3. The van der Waals surface area contributed by atoms with E-state index in [9.17, 15) is 4.79 Å². The Morgan fingerprint density at radius 2 is 1.96 bits per heavy atom. The average molecular weight is 363 g/mol. The molecule has 1 amide bonds. The van der Waals surface area contributed by atoms with Gasteiger partial charge in [-0.2, -0.15) is 0 Å². The molecule has 0 aliphatic carbocycles. The van der Waals surface area contributed by atoms with Crippen molar-refractivity contribution in [3.05, 3.63) is 60.0 Å². The third-order valence-corrected chi connectivity index (χ3v) is 4.83. The highest BCUT2D eigenvalue weighted by Crippen LogP contribution is 2.32. The number of para-hydroxylation sites is 1. The van der Waals surface area contributed by atoms with E-state index < -0.39 is 0 Å². The number of hydrogen-bond donors (Lipinski definition) is 0. The molecule has 1 atom stereocenters. The first kappa shape index (κ1) is 17.3. The van der Waals surface area contributed by atoms with Crippen molar-refractivity contribution in [2.24, 2.45) is 0 Å². The lowest BCUT2D eigenvalue weighted by molar-refractivity contribution is -0.118. The summed E-state index contributed by atoms with van der Waals surface area (Å²) in [6, 6.07) is 15.7. The van der Waals surface area contributed by atoms with Crippen molar-refractivity contribution in [2.45, 2.75) is 32.2 Å². The van der Waals surface area contributed by atoms with Gasteiger partial charge in [0.15, 0.2) is 0 Å². The van der Waals surface area contributed by atoms with Crippen LogP contribution < -0.4 is 9.64 Å². The first-order valence-electron chi connectivity index (χ1n) is 9.02. The summed E-state index contributed by atoms with van der Waals surface area (Å²) in [6.07, 6.45) is 1.65. The summed E-state index contributed by atoms with van der Waals surface area (Å²) in [5, 5.41) is 8.16. The molecule has 27 heavy (non-hydrogen) atoms. The van der Waals surface area contributed by atoms with Crippen LogP contribution in [0, 0.1) is 0 Å². The van der Waals surface area contributed by atoms with Gasteiger partial charge in [0, 0.05) is 30.1 Å². The van der Waals surface area contributed by atoms with Crippen molar-refractivity contribution >= 4 is 11.6 Å². The molecule has 1 unspecified atom stereocenters. The van der Waals surface area contributed by atoms with Crippen molar-refractivity contribution in [2.75, 3.05) is 12.0 Å². The molecule has 0 saturated carbocycles. The monoisotopic (exact) mass is 363 g/mol. The summed E-state index contributed by atoms with van der Waals surface area (Å²) >= 11 is 0. The minimum Gasteiger partial charge on any atom is -0.497 e. The Hall–Kier alpha value is -3.15. The zero-order valence-corrected chi connectivity index (χ0v) is 15.4. The van der Waals surface area contributed by atoms with Gasteiger partial charge < -0.3 is 14.1 Å². The minimum atomic E-state index is 0.0802. The van der Waals surface area contributed by atoms with Crippen LogP contribution in [0.1, 0.15) is 24.8 Å². The molecule has 0 saturated heterocycles. The van der Waals surface area contributed by atoms with E-state index in [-0.39, 0.29) is 11.9 Å². The first-order valence-corrected chi connectivity index (χ1v) is 9.02.